The van der Waals surface area contributed by atoms with Crippen LogP contribution < -0.4 is 21.3 Å². The number of carbonyl (C=O) groups is 4. The van der Waals surface area contributed by atoms with Crippen LogP contribution in [0.15, 0.2) is 48.5 Å². The van der Waals surface area contributed by atoms with Crippen LogP contribution in [0, 0.1) is 0 Å². The number of aromatic hydroxyl groups is 4. The predicted octanol–water partition coefficient (Wildman–Crippen LogP) is 14.9. The van der Waals surface area contributed by atoms with Crippen LogP contribution in [-0.2, 0) is 43.3 Å². The number of phenolic OH excluding ortho intramolecular Hbond substituents is 4. The molecule has 14 nitrogen and oxygen atoms in total. The number of unbranched alkanes of at least 4 members (excludes halogenated alkanes) is 1. The van der Waals surface area contributed by atoms with Crippen molar-refractivity contribution in [2.75, 3.05) is 65.4 Å². The summed E-state index contributed by atoms with van der Waals surface area (Å²) in [7, 11) is 0. The highest BCUT2D eigenvalue weighted by Crippen LogP contribution is 2.44. The normalized spacial score (nSPS) is 13.0. The Kier molecular flexibility index (Phi) is 25.5. The molecule has 14 heteroatoms. The molecule has 0 aliphatic heterocycles. The van der Waals surface area contributed by atoms with Crippen LogP contribution in [0.4, 0.5) is 0 Å². The Morgan fingerprint density at radius 1 is 0.267 bits per heavy atom. The van der Waals surface area contributed by atoms with Crippen LogP contribution >= 0.6 is 0 Å². The highest BCUT2D eigenvalue weighted by Gasteiger charge is 2.33. The second-order valence-electron chi connectivity index (χ2n) is 33.5. The highest BCUT2D eigenvalue weighted by atomic mass is 16.3. The molecule has 4 aromatic rings. The smallest absolute Gasteiger partial charge is 0.251 e. The number of rotatable bonds is 25. The summed E-state index contributed by atoms with van der Waals surface area (Å²) in [4.78, 5) is 60.2. The van der Waals surface area contributed by atoms with E-state index in [0.717, 1.165) is 70.4 Å². The molecular weight excluding hydrogens is 1120 g/mol. The van der Waals surface area contributed by atoms with Gasteiger partial charge in [0.2, 0.25) is 0 Å². The Hall–Kier alpha value is -6.12. The Labute approximate surface area is 543 Å². The lowest BCUT2D eigenvalue weighted by atomic mass is 9.78. The number of nitrogens with zero attached hydrogens (tertiary/aromatic N) is 2. The van der Waals surface area contributed by atoms with Gasteiger partial charge in [0.15, 0.2) is 0 Å². The summed E-state index contributed by atoms with van der Waals surface area (Å²) in [5, 5.41) is 58.0. The molecule has 0 fully saturated rings. The Morgan fingerprint density at radius 2 is 0.400 bits per heavy atom. The molecule has 4 rings (SSSR count). The Balaban J connectivity index is 1.54. The van der Waals surface area contributed by atoms with Crippen LogP contribution in [0.2, 0.25) is 0 Å². The van der Waals surface area contributed by atoms with E-state index in [1.165, 1.54) is 0 Å². The second kappa shape index (κ2) is 30.1. The van der Waals surface area contributed by atoms with Crippen molar-refractivity contribution in [1.29, 1.82) is 0 Å². The van der Waals surface area contributed by atoms with Gasteiger partial charge in [-0.05, 0) is 170 Å². The zero-order valence-corrected chi connectivity index (χ0v) is 60.2. The average molecular weight is 1250 g/mol. The minimum absolute atomic E-state index is 0.188. The third-order valence-electron chi connectivity index (χ3n) is 16.9. The fourth-order valence-corrected chi connectivity index (χ4v) is 11.4. The molecule has 0 unspecified atom stereocenters. The van der Waals surface area contributed by atoms with Crippen LogP contribution in [0.5, 0.6) is 23.0 Å². The molecule has 0 aliphatic carbocycles. The van der Waals surface area contributed by atoms with E-state index in [1.54, 1.807) is 0 Å². The molecule has 0 saturated carbocycles. The van der Waals surface area contributed by atoms with Gasteiger partial charge in [0, 0.05) is 92.9 Å². The first-order valence-corrected chi connectivity index (χ1v) is 33.1. The predicted molar refractivity (Wildman–Crippen MR) is 372 cm³/mol. The third-order valence-corrected chi connectivity index (χ3v) is 16.9. The quantitative estimate of drug-likeness (QED) is 0.0295. The molecule has 8 N–H and O–H groups in total. The zero-order chi connectivity index (χ0) is 68.5. The van der Waals surface area contributed by atoms with Crippen molar-refractivity contribution in [3.63, 3.8) is 0 Å². The van der Waals surface area contributed by atoms with E-state index in [1.807, 2.05) is 215 Å². The number of nitrogens with one attached hydrogen (secondary N) is 4. The van der Waals surface area contributed by atoms with Crippen LogP contribution in [0.3, 0.4) is 0 Å². The van der Waals surface area contributed by atoms with Gasteiger partial charge < -0.3 is 51.5 Å². The summed E-state index contributed by atoms with van der Waals surface area (Å²) in [6.45, 7) is 55.0. The van der Waals surface area contributed by atoms with Crippen molar-refractivity contribution in [3.8, 4) is 23.0 Å². The SMILES string of the molecule is CC(C)(C)c1cc(C(=O)NCCCN(CCCCN(CCCNC(=O)c2cc(C(C)(C)C)c(O)c(C(C)(C)C)c2)CCCNC(=O)c2cc(C(C)(C)C)c(O)c(C(C)(C)C)c2)CCCNC(=O)c2cc(C(C)(C)C)c(O)c(C(C)(C)C)c2)cc(C(C)(C)C)c1O. The summed E-state index contributed by atoms with van der Waals surface area (Å²) in [6.07, 6.45) is 4.51. The molecule has 0 spiro atoms. The first kappa shape index (κ1) is 76.3. The topological polar surface area (TPSA) is 204 Å². The summed E-state index contributed by atoms with van der Waals surface area (Å²) in [5.41, 5.74) is 4.89. The lowest BCUT2D eigenvalue weighted by molar-refractivity contribution is 0.0939. The third kappa shape index (κ3) is 21.8. The van der Waals surface area contributed by atoms with Gasteiger partial charge in [-0.1, -0.05) is 166 Å². The fourth-order valence-electron chi connectivity index (χ4n) is 11.4. The zero-order valence-electron chi connectivity index (χ0n) is 60.2. The van der Waals surface area contributed by atoms with Crippen molar-refractivity contribution in [2.45, 2.75) is 248 Å². The van der Waals surface area contributed by atoms with Crippen molar-refractivity contribution in [1.82, 2.24) is 31.1 Å². The molecule has 4 amide bonds. The maximum Gasteiger partial charge on any atom is 0.251 e. The molecule has 0 aromatic heterocycles. The number of benzene rings is 4. The molecule has 0 heterocycles. The van der Waals surface area contributed by atoms with Crippen LogP contribution in [-0.4, -0.2) is 119 Å². The number of amides is 4. The summed E-state index contributed by atoms with van der Waals surface area (Å²) in [6, 6.07) is 14.5. The molecule has 0 atom stereocenters. The molecule has 0 aliphatic rings. The fraction of sp³-hybridized carbons (Fsp3) is 0.632. The van der Waals surface area contributed by atoms with Gasteiger partial charge in [-0.3, -0.25) is 19.2 Å². The number of hydrogen-bond donors (Lipinski definition) is 8. The Bertz CT molecular complexity index is 2570. The molecule has 502 valence electrons. The van der Waals surface area contributed by atoms with E-state index in [4.69, 9.17) is 0 Å². The minimum Gasteiger partial charge on any atom is -0.507 e. The van der Waals surface area contributed by atoms with Crippen molar-refractivity contribution in [2.24, 2.45) is 0 Å². The molecular formula is C76H120N6O8. The van der Waals surface area contributed by atoms with E-state index in [-0.39, 0.29) is 89.9 Å². The standard InChI is InChI=1S/C76H120N6O8/c1-69(2,3)53-41-49(42-54(61(53)83)70(4,5)6)65(87)77-31-27-37-81(38-28-32-78-66(88)50-43-55(71(7,8)9)62(84)56(44-50)72(10,11)12)35-25-26-36-82(39-29-33-79-67(89)51-45-57(73(13,14)15)63(85)58(46-51)74(16,17)18)40-30-34-80-68(90)52-47-59(75(19,20)21)64(86)60(48-52)76(22,23)24/h41-48,83-86H,25-40H2,1-24H3,(H,77,87)(H,78,88)(H,79,89)(H,80,90). The second-order valence-corrected chi connectivity index (χ2v) is 33.5. The molecule has 90 heavy (non-hydrogen) atoms. The Morgan fingerprint density at radius 3 is 0.533 bits per heavy atom. The highest BCUT2D eigenvalue weighted by molar-refractivity contribution is 5.97. The molecule has 0 bridgehead atoms. The number of carbonyl (C=O) groups excluding carboxylic acids is 4. The summed E-state index contributed by atoms with van der Waals surface area (Å²) < 4.78 is 0. The van der Waals surface area contributed by atoms with Crippen molar-refractivity contribution < 1.29 is 39.6 Å². The lowest BCUT2D eigenvalue weighted by Gasteiger charge is -2.28. The van der Waals surface area contributed by atoms with Gasteiger partial charge in [-0.25, -0.2) is 0 Å². The monoisotopic (exact) mass is 1240 g/mol. The van der Waals surface area contributed by atoms with E-state index in [0.29, 0.717) is 100 Å². The van der Waals surface area contributed by atoms with Gasteiger partial charge in [-0.2, -0.15) is 0 Å². The summed E-state index contributed by atoms with van der Waals surface area (Å²) in [5.74, 6) is 0.171. The molecule has 0 saturated heterocycles. The number of phenols is 4. The van der Waals surface area contributed by atoms with Crippen molar-refractivity contribution in [3.05, 3.63) is 115 Å². The van der Waals surface area contributed by atoms with E-state index >= 15 is 0 Å². The van der Waals surface area contributed by atoms with E-state index in [2.05, 4.69) is 31.1 Å². The first-order valence-electron chi connectivity index (χ1n) is 33.1. The number of hydrogen-bond acceptors (Lipinski definition) is 10. The van der Waals surface area contributed by atoms with E-state index in [9.17, 15) is 39.6 Å². The van der Waals surface area contributed by atoms with Gasteiger partial charge in [0.05, 0.1) is 0 Å². The minimum atomic E-state index is -0.381. The van der Waals surface area contributed by atoms with Gasteiger partial charge in [0.25, 0.3) is 23.6 Å². The van der Waals surface area contributed by atoms with E-state index < -0.39 is 0 Å². The first-order chi connectivity index (χ1) is 41.0. The molecule has 4 aromatic carbocycles. The van der Waals surface area contributed by atoms with Crippen molar-refractivity contribution >= 4 is 23.6 Å². The van der Waals surface area contributed by atoms with Gasteiger partial charge in [0.1, 0.15) is 23.0 Å². The summed E-state index contributed by atoms with van der Waals surface area (Å²) >= 11 is 0. The maximum atomic E-state index is 13.9. The largest absolute Gasteiger partial charge is 0.507 e. The maximum absolute atomic E-state index is 13.9. The lowest BCUT2D eigenvalue weighted by Crippen LogP contribution is -2.35. The van der Waals surface area contributed by atoms with Crippen LogP contribution in [0.1, 0.15) is 291 Å². The van der Waals surface area contributed by atoms with Crippen LogP contribution in [0.25, 0.3) is 0 Å². The average Bonchev–Trinajstić information content (AvgIpc) is 0.816. The molecule has 0 radical (unpaired) electrons. The van der Waals surface area contributed by atoms with Gasteiger partial charge in [-0.15, -0.1) is 0 Å². The van der Waals surface area contributed by atoms with Gasteiger partial charge >= 0.3 is 0 Å².